The largest absolute Gasteiger partial charge is 0.426 e. The van der Waals surface area contributed by atoms with Crippen molar-refractivity contribution in [2.24, 2.45) is 0 Å². The lowest BCUT2D eigenvalue weighted by Crippen LogP contribution is -2.12. The van der Waals surface area contributed by atoms with Crippen molar-refractivity contribution in [2.45, 2.75) is 25.5 Å². The number of hydrogen-bond acceptors (Lipinski definition) is 3. The van der Waals surface area contributed by atoms with Gasteiger partial charge in [-0.1, -0.05) is 25.1 Å². The average molecular weight is 210 g/mol. The molecule has 0 aliphatic carbocycles. The predicted molar refractivity (Wildman–Crippen MR) is 59.9 cm³/mol. The van der Waals surface area contributed by atoms with Crippen molar-refractivity contribution in [2.75, 3.05) is 0 Å². The molecule has 0 aromatic heterocycles. The highest BCUT2D eigenvalue weighted by Crippen LogP contribution is 2.17. The molecule has 0 heterocycles. The molecule has 0 bridgehead atoms. The first-order valence-corrected chi connectivity index (χ1v) is 5.05. The quantitative estimate of drug-likeness (QED) is 0.471. The van der Waals surface area contributed by atoms with Crippen LogP contribution in [-0.2, 0) is 4.79 Å². The zero-order valence-corrected chi connectivity index (χ0v) is 9.25. The molecule has 0 saturated carbocycles. The van der Waals surface area contributed by atoms with Crippen molar-refractivity contribution >= 4 is 18.6 Å². The number of hydrogen-bond donors (Lipinski definition) is 1. The van der Waals surface area contributed by atoms with Gasteiger partial charge in [0.2, 0.25) is 0 Å². The minimum absolute atomic E-state index is 0.0338. The normalized spacial score (nSPS) is 12.2. The van der Waals surface area contributed by atoms with E-state index in [0.717, 1.165) is 5.56 Å². The Hall–Kier alpha value is -0.960. The summed E-state index contributed by atoms with van der Waals surface area (Å²) in [6.45, 7) is 3.77. The monoisotopic (exact) mass is 210 g/mol. The van der Waals surface area contributed by atoms with Gasteiger partial charge in [0.15, 0.2) is 0 Å². The van der Waals surface area contributed by atoms with Crippen LogP contribution in [0.3, 0.4) is 0 Å². The van der Waals surface area contributed by atoms with Crippen LogP contribution in [0.25, 0.3) is 0 Å². The molecule has 0 radical (unpaired) electrons. The Labute approximate surface area is 89.7 Å². The lowest BCUT2D eigenvalue weighted by molar-refractivity contribution is -0.134. The average Bonchev–Trinajstić information content (AvgIpc) is 2.07. The lowest BCUT2D eigenvalue weighted by Gasteiger charge is -2.07. The van der Waals surface area contributed by atoms with Crippen LogP contribution in [-0.4, -0.2) is 11.2 Å². The lowest BCUT2D eigenvalue weighted by atomic mass is 10.2. The van der Waals surface area contributed by atoms with Crippen LogP contribution in [0.5, 0.6) is 5.75 Å². The van der Waals surface area contributed by atoms with Crippen molar-refractivity contribution in [3.63, 3.8) is 0 Å². The number of rotatable bonds is 3. The molecule has 0 fully saturated rings. The number of ether oxygens (including phenoxy) is 1. The molecule has 76 valence electrons. The minimum atomic E-state index is -0.234. The van der Waals surface area contributed by atoms with Crippen LogP contribution < -0.4 is 4.74 Å². The molecule has 0 spiro atoms. The summed E-state index contributed by atoms with van der Waals surface area (Å²) >= 11 is 4.13. The molecular formula is C11H14O2S. The Morgan fingerprint density at radius 3 is 2.71 bits per heavy atom. The molecule has 0 N–H and O–H groups in total. The van der Waals surface area contributed by atoms with E-state index in [1.54, 1.807) is 6.07 Å². The van der Waals surface area contributed by atoms with Gasteiger partial charge >= 0.3 is 5.97 Å². The Kier molecular flexibility index (Phi) is 4.01. The minimum Gasteiger partial charge on any atom is -0.426 e. The summed E-state index contributed by atoms with van der Waals surface area (Å²) in [4.78, 5) is 11.3. The molecule has 0 saturated heterocycles. The van der Waals surface area contributed by atoms with E-state index in [1.807, 2.05) is 32.0 Å². The van der Waals surface area contributed by atoms with Crippen molar-refractivity contribution < 1.29 is 9.53 Å². The number of benzene rings is 1. The van der Waals surface area contributed by atoms with Crippen molar-refractivity contribution in [1.82, 2.24) is 0 Å². The van der Waals surface area contributed by atoms with Gasteiger partial charge in [-0.2, -0.15) is 12.6 Å². The number of carbonyl (C=O) groups is 1. The molecule has 2 nitrogen and oxygen atoms in total. The Morgan fingerprint density at radius 2 is 2.14 bits per heavy atom. The molecule has 1 aromatic carbocycles. The van der Waals surface area contributed by atoms with Crippen molar-refractivity contribution in [1.29, 1.82) is 0 Å². The second-order valence-electron chi connectivity index (χ2n) is 3.29. The molecule has 0 aliphatic heterocycles. The summed E-state index contributed by atoms with van der Waals surface area (Å²) in [7, 11) is 0. The van der Waals surface area contributed by atoms with Gasteiger partial charge < -0.3 is 4.74 Å². The maximum Gasteiger partial charge on any atom is 0.312 e. The molecule has 14 heavy (non-hydrogen) atoms. The van der Waals surface area contributed by atoms with Gasteiger partial charge in [-0.3, -0.25) is 4.79 Å². The maximum absolute atomic E-state index is 11.3. The van der Waals surface area contributed by atoms with Gasteiger partial charge in [0.1, 0.15) is 5.75 Å². The van der Waals surface area contributed by atoms with Crippen LogP contribution in [0.1, 0.15) is 18.9 Å². The first-order valence-electron chi connectivity index (χ1n) is 4.54. The van der Waals surface area contributed by atoms with Crippen molar-refractivity contribution in [3.8, 4) is 5.75 Å². The fourth-order valence-electron chi connectivity index (χ4n) is 1.08. The number of aryl methyl sites for hydroxylation is 1. The Bertz CT molecular complexity index is 321. The topological polar surface area (TPSA) is 26.3 Å². The first kappa shape index (κ1) is 11.1. The zero-order valence-electron chi connectivity index (χ0n) is 8.36. The second kappa shape index (κ2) is 5.05. The van der Waals surface area contributed by atoms with Crippen LogP contribution >= 0.6 is 12.6 Å². The van der Waals surface area contributed by atoms with Gasteiger partial charge in [-0.25, -0.2) is 0 Å². The number of thiol groups is 1. The molecule has 1 aromatic rings. The first-order chi connectivity index (χ1) is 6.59. The van der Waals surface area contributed by atoms with Gasteiger partial charge in [0.05, 0.1) is 6.42 Å². The maximum atomic E-state index is 11.3. The van der Waals surface area contributed by atoms with E-state index in [9.17, 15) is 4.79 Å². The highest BCUT2D eigenvalue weighted by atomic mass is 32.1. The van der Waals surface area contributed by atoms with Gasteiger partial charge in [0, 0.05) is 5.25 Å². The third-order valence-electron chi connectivity index (χ3n) is 1.78. The highest BCUT2D eigenvalue weighted by Gasteiger charge is 2.08. The fourth-order valence-corrected chi connectivity index (χ4v) is 1.23. The van der Waals surface area contributed by atoms with Crippen LogP contribution in [0.4, 0.5) is 0 Å². The van der Waals surface area contributed by atoms with Crippen LogP contribution in [0.2, 0.25) is 0 Å². The molecule has 3 heteroatoms. The SMILES string of the molecule is Cc1ccccc1OC(=O)CC(C)S. The molecule has 0 amide bonds. The summed E-state index contributed by atoms with van der Waals surface area (Å²) < 4.78 is 5.17. The summed E-state index contributed by atoms with van der Waals surface area (Å²) in [5.41, 5.74) is 0.965. The van der Waals surface area contributed by atoms with Crippen LogP contribution in [0.15, 0.2) is 24.3 Å². The molecular weight excluding hydrogens is 196 g/mol. The number of esters is 1. The molecule has 1 rings (SSSR count). The molecule has 1 unspecified atom stereocenters. The third kappa shape index (κ3) is 3.42. The standard InChI is InChI=1S/C11H14O2S/c1-8-5-3-4-6-10(8)13-11(12)7-9(2)14/h3-6,9,14H,7H2,1-2H3. The summed E-state index contributed by atoms with van der Waals surface area (Å²) in [5, 5.41) is 0.0338. The van der Waals surface area contributed by atoms with E-state index in [0.29, 0.717) is 12.2 Å². The van der Waals surface area contributed by atoms with Crippen molar-refractivity contribution in [3.05, 3.63) is 29.8 Å². The highest BCUT2D eigenvalue weighted by molar-refractivity contribution is 7.80. The smallest absolute Gasteiger partial charge is 0.312 e. The number of carbonyl (C=O) groups excluding carboxylic acids is 1. The van der Waals surface area contributed by atoms with E-state index in [4.69, 9.17) is 4.74 Å². The van der Waals surface area contributed by atoms with Gasteiger partial charge in [0.25, 0.3) is 0 Å². The predicted octanol–water partition coefficient (Wildman–Crippen LogP) is 2.61. The molecule has 1 atom stereocenters. The van der Waals surface area contributed by atoms with Crippen LogP contribution in [0, 0.1) is 6.92 Å². The summed E-state index contributed by atoms with van der Waals surface area (Å²) in [6, 6.07) is 7.46. The Balaban J connectivity index is 2.61. The Morgan fingerprint density at radius 1 is 1.50 bits per heavy atom. The number of para-hydroxylation sites is 1. The summed E-state index contributed by atoms with van der Waals surface area (Å²) in [5.74, 6) is 0.397. The van der Waals surface area contributed by atoms with E-state index in [2.05, 4.69) is 12.6 Å². The fraction of sp³-hybridized carbons (Fsp3) is 0.364. The third-order valence-corrected chi connectivity index (χ3v) is 1.96. The molecule has 0 aliphatic rings. The van der Waals surface area contributed by atoms with E-state index >= 15 is 0 Å². The van der Waals surface area contributed by atoms with Gasteiger partial charge in [-0.15, -0.1) is 0 Å². The zero-order chi connectivity index (χ0) is 10.6. The second-order valence-corrected chi connectivity index (χ2v) is 4.17. The van der Waals surface area contributed by atoms with E-state index < -0.39 is 0 Å². The van der Waals surface area contributed by atoms with E-state index in [1.165, 1.54) is 0 Å². The summed E-state index contributed by atoms with van der Waals surface area (Å²) in [6.07, 6.45) is 0.331. The van der Waals surface area contributed by atoms with E-state index in [-0.39, 0.29) is 11.2 Å². The van der Waals surface area contributed by atoms with Gasteiger partial charge in [-0.05, 0) is 18.6 Å².